The summed E-state index contributed by atoms with van der Waals surface area (Å²) in [5, 5.41) is 8.87. The Morgan fingerprint density at radius 1 is 1.25 bits per heavy atom. The van der Waals surface area contributed by atoms with Crippen LogP contribution in [-0.4, -0.2) is 36.1 Å². The van der Waals surface area contributed by atoms with Crippen LogP contribution in [0.1, 0.15) is 37.3 Å². The molecule has 1 heterocycles. The van der Waals surface area contributed by atoms with Crippen molar-refractivity contribution in [3.8, 4) is 0 Å². The first-order chi connectivity index (χ1) is 9.50. The highest BCUT2D eigenvalue weighted by Crippen LogP contribution is 2.31. The van der Waals surface area contributed by atoms with Crippen LogP contribution in [0.15, 0.2) is 30.3 Å². The van der Waals surface area contributed by atoms with Gasteiger partial charge in [0.25, 0.3) is 0 Å². The van der Waals surface area contributed by atoms with E-state index in [9.17, 15) is 13.2 Å². The third-order valence-electron chi connectivity index (χ3n) is 3.55. The number of hydrogen-bond donors (Lipinski definition) is 1. The average Bonchev–Trinajstić information content (AvgIpc) is 2.41. The predicted molar refractivity (Wildman–Crippen MR) is 75.8 cm³/mol. The molecule has 6 heteroatoms. The summed E-state index contributed by atoms with van der Waals surface area (Å²) < 4.78 is 25.9. The zero-order valence-electron chi connectivity index (χ0n) is 11.2. The van der Waals surface area contributed by atoms with Gasteiger partial charge in [0, 0.05) is 13.0 Å². The molecule has 0 saturated carbocycles. The Labute approximate surface area is 119 Å². The van der Waals surface area contributed by atoms with Gasteiger partial charge in [-0.05, 0) is 24.8 Å². The van der Waals surface area contributed by atoms with Crippen molar-refractivity contribution in [1.29, 1.82) is 0 Å². The van der Waals surface area contributed by atoms with E-state index in [1.165, 1.54) is 4.31 Å². The summed E-state index contributed by atoms with van der Waals surface area (Å²) in [6.07, 6.45) is 1.78. The maximum atomic E-state index is 12.2. The van der Waals surface area contributed by atoms with Gasteiger partial charge in [0.2, 0.25) is 10.0 Å². The molecule has 1 atom stereocenters. The number of sulfonamides is 1. The molecule has 2 rings (SSSR count). The summed E-state index contributed by atoms with van der Waals surface area (Å²) in [4.78, 5) is 10.8. The fourth-order valence-corrected chi connectivity index (χ4v) is 4.40. The molecule has 1 aliphatic rings. The topological polar surface area (TPSA) is 74.7 Å². The van der Waals surface area contributed by atoms with Gasteiger partial charge in [0.15, 0.2) is 0 Å². The SMILES string of the molecule is O=C(O)CCC(c1ccccc1)N1CCCCS1(=O)=O. The van der Waals surface area contributed by atoms with E-state index in [2.05, 4.69) is 0 Å². The van der Waals surface area contributed by atoms with Crippen LogP contribution in [0.25, 0.3) is 0 Å². The maximum absolute atomic E-state index is 12.2. The van der Waals surface area contributed by atoms with Crippen molar-refractivity contribution in [3.63, 3.8) is 0 Å². The lowest BCUT2D eigenvalue weighted by atomic mass is 10.0. The van der Waals surface area contributed by atoms with Crippen molar-refractivity contribution in [2.45, 2.75) is 31.7 Å². The average molecular weight is 297 g/mol. The van der Waals surface area contributed by atoms with Crippen LogP contribution in [0.5, 0.6) is 0 Å². The van der Waals surface area contributed by atoms with E-state index in [0.717, 1.165) is 12.0 Å². The summed E-state index contributed by atoms with van der Waals surface area (Å²) in [7, 11) is -3.28. The Morgan fingerprint density at radius 2 is 1.95 bits per heavy atom. The molecule has 0 amide bonds. The van der Waals surface area contributed by atoms with Crippen LogP contribution in [0.4, 0.5) is 0 Å². The van der Waals surface area contributed by atoms with Gasteiger partial charge in [-0.2, -0.15) is 4.31 Å². The lowest BCUT2D eigenvalue weighted by Crippen LogP contribution is -2.40. The summed E-state index contributed by atoms with van der Waals surface area (Å²) >= 11 is 0. The Kier molecular flexibility index (Phi) is 4.77. The second-order valence-corrected chi connectivity index (χ2v) is 7.03. The lowest BCUT2D eigenvalue weighted by Gasteiger charge is -2.33. The standard InChI is InChI=1S/C14H19NO4S/c16-14(17)9-8-13(12-6-2-1-3-7-12)15-10-4-5-11-20(15,18)19/h1-3,6-7,13H,4-5,8-11H2,(H,16,17). The fourth-order valence-electron chi connectivity index (χ4n) is 2.57. The van der Waals surface area contributed by atoms with Crippen LogP contribution in [0, 0.1) is 0 Å². The zero-order chi connectivity index (χ0) is 14.6. The van der Waals surface area contributed by atoms with Gasteiger partial charge >= 0.3 is 5.97 Å². The van der Waals surface area contributed by atoms with Crippen LogP contribution in [0.3, 0.4) is 0 Å². The number of benzene rings is 1. The van der Waals surface area contributed by atoms with Crippen molar-refractivity contribution >= 4 is 16.0 Å². The molecule has 0 aliphatic carbocycles. The van der Waals surface area contributed by atoms with Crippen LogP contribution in [-0.2, 0) is 14.8 Å². The summed E-state index contributed by atoms with van der Waals surface area (Å²) in [6.45, 7) is 0.474. The van der Waals surface area contributed by atoms with Gasteiger partial charge in [-0.3, -0.25) is 4.79 Å². The maximum Gasteiger partial charge on any atom is 0.303 e. The Hall–Kier alpha value is -1.40. The van der Waals surface area contributed by atoms with E-state index in [1.54, 1.807) is 0 Å². The number of carboxylic acids is 1. The number of aliphatic carboxylic acids is 1. The minimum absolute atomic E-state index is 0.0361. The van der Waals surface area contributed by atoms with Gasteiger partial charge < -0.3 is 5.11 Å². The molecule has 1 aromatic rings. The van der Waals surface area contributed by atoms with Gasteiger partial charge in [-0.1, -0.05) is 30.3 Å². The van der Waals surface area contributed by atoms with E-state index in [4.69, 9.17) is 5.11 Å². The number of rotatable bonds is 5. The molecule has 0 aromatic heterocycles. The van der Waals surface area contributed by atoms with E-state index < -0.39 is 16.0 Å². The molecule has 0 spiro atoms. The molecule has 1 saturated heterocycles. The predicted octanol–water partition coefficient (Wildman–Crippen LogP) is 2.02. The van der Waals surface area contributed by atoms with Crippen LogP contribution >= 0.6 is 0 Å². The molecule has 5 nitrogen and oxygen atoms in total. The van der Waals surface area contributed by atoms with Gasteiger partial charge in [-0.15, -0.1) is 0 Å². The molecule has 1 aliphatic heterocycles. The third-order valence-corrected chi connectivity index (χ3v) is 5.51. The van der Waals surface area contributed by atoms with E-state index in [0.29, 0.717) is 19.4 Å². The number of carbonyl (C=O) groups is 1. The fraction of sp³-hybridized carbons (Fsp3) is 0.500. The van der Waals surface area contributed by atoms with Crippen molar-refractivity contribution < 1.29 is 18.3 Å². The Bertz CT molecular complexity index is 556. The summed E-state index contributed by atoms with van der Waals surface area (Å²) in [6, 6.07) is 8.90. The largest absolute Gasteiger partial charge is 0.481 e. The monoisotopic (exact) mass is 297 g/mol. The molecule has 1 unspecified atom stereocenters. The highest BCUT2D eigenvalue weighted by Gasteiger charge is 2.33. The smallest absolute Gasteiger partial charge is 0.303 e. The van der Waals surface area contributed by atoms with Crippen molar-refractivity contribution in [2.24, 2.45) is 0 Å². The normalized spacial score (nSPS) is 20.4. The lowest BCUT2D eigenvalue weighted by molar-refractivity contribution is -0.137. The molecular formula is C14H19NO4S. The quantitative estimate of drug-likeness (QED) is 0.902. The first-order valence-electron chi connectivity index (χ1n) is 6.77. The summed E-state index contributed by atoms with van der Waals surface area (Å²) in [5.74, 6) is -0.746. The van der Waals surface area contributed by atoms with Crippen molar-refractivity contribution in [3.05, 3.63) is 35.9 Å². The first-order valence-corrected chi connectivity index (χ1v) is 8.38. The molecule has 0 bridgehead atoms. The van der Waals surface area contributed by atoms with Gasteiger partial charge in [0.05, 0.1) is 11.8 Å². The van der Waals surface area contributed by atoms with Crippen LogP contribution < -0.4 is 0 Å². The first kappa shape index (κ1) is 15.0. The number of carboxylic acid groups (broad SMARTS) is 1. The molecule has 1 aromatic carbocycles. The van der Waals surface area contributed by atoms with E-state index in [1.807, 2.05) is 30.3 Å². The van der Waals surface area contributed by atoms with Crippen molar-refractivity contribution in [2.75, 3.05) is 12.3 Å². The third kappa shape index (κ3) is 3.58. The second kappa shape index (κ2) is 6.37. The van der Waals surface area contributed by atoms with E-state index in [-0.39, 0.29) is 18.2 Å². The molecule has 1 N–H and O–H groups in total. The Morgan fingerprint density at radius 3 is 2.55 bits per heavy atom. The molecular weight excluding hydrogens is 278 g/mol. The second-order valence-electron chi connectivity index (χ2n) is 4.99. The highest BCUT2D eigenvalue weighted by molar-refractivity contribution is 7.89. The van der Waals surface area contributed by atoms with Gasteiger partial charge in [-0.25, -0.2) is 8.42 Å². The molecule has 0 radical (unpaired) electrons. The molecule has 110 valence electrons. The minimum Gasteiger partial charge on any atom is -0.481 e. The minimum atomic E-state index is -3.28. The molecule has 20 heavy (non-hydrogen) atoms. The number of nitrogens with zero attached hydrogens (tertiary/aromatic N) is 1. The van der Waals surface area contributed by atoms with E-state index >= 15 is 0 Å². The van der Waals surface area contributed by atoms with Crippen molar-refractivity contribution in [1.82, 2.24) is 4.31 Å². The molecule has 1 fully saturated rings. The number of hydrogen-bond acceptors (Lipinski definition) is 3. The highest BCUT2D eigenvalue weighted by atomic mass is 32.2. The summed E-state index contributed by atoms with van der Waals surface area (Å²) in [5.41, 5.74) is 0.860. The van der Waals surface area contributed by atoms with Crippen LogP contribution in [0.2, 0.25) is 0 Å². The Balaban J connectivity index is 2.28. The zero-order valence-corrected chi connectivity index (χ0v) is 12.1. The van der Waals surface area contributed by atoms with Gasteiger partial charge in [0.1, 0.15) is 0 Å².